The number of nitrogens with zero attached hydrogens (tertiary/aromatic N) is 1. The lowest BCUT2D eigenvalue weighted by Gasteiger charge is -2.43. The van der Waals surface area contributed by atoms with E-state index in [4.69, 9.17) is 10.5 Å². The fourth-order valence-corrected chi connectivity index (χ4v) is 3.17. The highest BCUT2D eigenvalue weighted by atomic mass is 16.5. The predicted octanol–water partition coefficient (Wildman–Crippen LogP) is 3.35. The maximum atomic E-state index is 6.61. The van der Waals surface area contributed by atoms with E-state index >= 15 is 0 Å². The molecule has 1 heterocycles. The Balaban J connectivity index is 2.16. The predicted molar refractivity (Wildman–Crippen MR) is 84.0 cm³/mol. The van der Waals surface area contributed by atoms with Gasteiger partial charge in [0.1, 0.15) is 5.75 Å². The summed E-state index contributed by atoms with van der Waals surface area (Å²) in [5, 5.41) is 0. The van der Waals surface area contributed by atoms with Crippen LogP contribution >= 0.6 is 0 Å². The van der Waals surface area contributed by atoms with Crippen LogP contribution in [0.25, 0.3) is 0 Å². The highest BCUT2D eigenvalue weighted by molar-refractivity contribution is 5.31. The Hall–Kier alpha value is -1.06. The molecule has 0 amide bonds. The van der Waals surface area contributed by atoms with Crippen molar-refractivity contribution in [1.82, 2.24) is 4.90 Å². The monoisotopic (exact) mass is 276 g/mol. The normalized spacial score (nSPS) is 20.6. The van der Waals surface area contributed by atoms with E-state index in [1.54, 1.807) is 0 Å². The fraction of sp³-hybridized carbons (Fsp3) is 0.647. The Morgan fingerprint density at radius 1 is 1.20 bits per heavy atom. The molecule has 1 aliphatic heterocycles. The van der Waals surface area contributed by atoms with E-state index in [2.05, 4.69) is 30.9 Å². The number of hydrogen-bond acceptors (Lipinski definition) is 3. The number of hydrogen-bond donors (Lipinski definition) is 1. The zero-order valence-corrected chi connectivity index (χ0v) is 13.1. The van der Waals surface area contributed by atoms with Gasteiger partial charge >= 0.3 is 0 Å². The second-order valence-electron chi connectivity index (χ2n) is 5.88. The number of nitrogens with two attached hydrogens (primary N) is 1. The summed E-state index contributed by atoms with van der Waals surface area (Å²) in [6.07, 6.45) is 3.67. The van der Waals surface area contributed by atoms with Crippen molar-refractivity contribution in [3.05, 3.63) is 29.8 Å². The molecule has 20 heavy (non-hydrogen) atoms. The summed E-state index contributed by atoms with van der Waals surface area (Å²) in [5.74, 6) is 0.919. The Bertz CT molecular complexity index is 412. The lowest BCUT2D eigenvalue weighted by atomic mass is 9.83. The highest BCUT2D eigenvalue weighted by Gasteiger charge is 2.38. The zero-order chi connectivity index (χ0) is 14.6. The third-order valence-corrected chi connectivity index (χ3v) is 4.76. The van der Waals surface area contributed by atoms with Crippen LogP contribution in [0, 0.1) is 0 Å². The molecule has 0 spiro atoms. The topological polar surface area (TPSA) is 38.5 Å². The third-order valence-electron chi connectivity index (χ3n) is 4.76. The fourth-order valence-electron chi connectivity index (χ4n) is 3.17. The summed E-state index contributed by atoms with van der Waals surface area (Å²) in [6.45, 7) is 9.60. The van der Waals surface area contributed by atoms with Crippen molar-refractivity contribution in [3.63, 3.8) is 0 Å². The Morgan fingerprint density at radius 3 is 2.30 bits per heavy atom. The molecule has 2 rings (SSSR count). The lowest BCUT2D eigenvalue weighted by molar-refractivity contribution is 0.1000. The number of benzene rings is 1. The highest BCUT2D eigenvalue weighted by Crippen LogP contribution is 2.35. The van der Waals surface area contributed by atoms with Crippen LogP contribution in [0.3, 0.4) is 0 Å². The van der Waals surface area contributed by atoms with Crippen LogP contribution in [0.5, 0.6) is 5.75 Å². The maximum Gasteiger partial charge on any atom is 0.119 e. The molecule has 1 aliphatic rings. The maximum absolute atomic E-state index is 6.61. The summed E-state index contributed by atoms with van der Waals surface area (Å²) < 4.78 is 5.50. The van der Waals surface area contributed by atoms with Crippen molar-refractivity contribution in [2.24, 2.45) is 5.73 Å². The SMILES string of the molecule is CCOc1ccc(C(N)C(C)(CC)N2CCCC2)cc1. The molecule has 3 heteroatoms. The Morgan fingerprint density at radius 2 is 1.80 bits per heavy atom. The molecule has 2 N–H and O–H groups in total. The van der Waals surface area contributed by atoms with Crippen LogP contribution < -0.4 is 10.5 Å². The van der Waals surface area contributed by atoms with Gasteiger partial charge < -0.3 is 10.5 Å². The van der Waals surface area contributed by atoms with E-state index in [-0.39, 0.29) is 11.6 Å². The minimum atomic E-state index is 0.0428. The molecule has 112 valence electrons. The number of ether oxygens (including phenoxy) is 1. The van der Waals surface area contributed by atoms with Crippen LogP contribution in [-0.2, 0) is 0 Å². The molecule has 1 fully saturated rings. The van der Waals surface area contributed by atoms with Crippen molar-refractivity contribution >= 4 is 0 Å². The van der Waals surface area contributed by atoms with Crippen LogP contribution in [0.15, 0.2) is 24.3 Å². The molecule has 2 unspecified atom stereocenters. The number of likely N-dealkylation sites (tertiary alicyclic amines) is 1. The standard InChI is InChI=1S/C17H28N2O/c1-4-17(3,19-12-6-7-13-19)16(18)14-8-10-15(11-9-14)20-5-2/h8-11,16H,4-7,12-13,18H2,1-3H3. The van der Waals surface area contributed by atoms with Gasteiger partial charge in [-0.1, -0.05) is 19.1 Å². The van der Waals surface area contributed by atoms with E-state index in [0.29, 0.717) is 6.61 Å². The molecular weight excluding hydrogens is 248 g/mol. The molecule has 0 aromatic heterocycles. The summed E-state index contributed by atoms with van der Waals surface area (Å²) in [7, 11) is 0. The van der Waals surface area contributed by atoms with E-state index in [9.17, 15) is 0 Å². The lowest BCUT2D eigenvalue weighted by Crippen LogP contribution is -2.51. The van der Waals surface area contributed by atoms with Gasteiger partial charge in [-0.15, -0.1) is 0 Å². The van der Waals surface area contributed by atoms with Crippen LogP contribution in [0.1, 0.15) is 51.6 Å². The van der Waals surface area contributed by atoms with Gasteiger partial charge in [0.15, 0.2) is 0 Å². The zero-order valence-electron chi connectivity index (χ0n) is 13.1. The summed E-state index contributed by atoms with van der Waals surface area (Å²) in [4.78, 5) is 2.56. The van der Waals surface area contributed by atoms with Crippen LogP contribution in [0.2, 0.25) is 0 Å². The average Bonchev–Trinajstić information content (AvgIpc) is 3.01. The smallest absolute Gasteiger partial charge is 0.119 e. The van der Waals surface area contributed by atoms with Gasteiger partial charge in [-0.2, -0.15) is 0 Å². The number of rotatable bonds is 6. The molecule has 1 aromatic carbocycles. The molecule has 0 saturated carbocycles. The van der Waals surface area contributed by atoms with Crippen molar-refractivity contribution < 1.29 is 4.74 Å². The molecule has 0 aliphatic carbocycles. The molecule has 2 atom stereocenters. The van der Waals surface area contributed by atoms with E-state index in [1.165, 1.54) is 31.5 Å². The Kier molecular flexibility index (Phi) is 5.06. The first-order chi connectivity index (χ1) is 9.61. The molecule has 0 bridgehead atoms. The summed E-state index contributed by atoms with van der Waals surface area (Å²) in [6, 6.07) is 8.32. The molecule has 1 saturated heterocycles. The van der Waals surface area contributed by atoms with Gasteiger partial charge in [-0.3, -0.25) is 4.90 Å². The Labute approximate surface area is 123 Å². The molecular formula is C17H28N2O. The molecule has 0 radical (unpaired) electrons. The van der Waals surface area contributed by atoms with Crippen LogP contribution in [-0.4, -0.2) is 30.1 Å². The van der Waals surface area contributed by atoms with Gasteiger partial charge in [0.2, 0.25) is 0 Å². The average molecular weight is 276 g/mol. The van der Waals surface area contributed by atoms with E-state index in [1.807, 2.05) is 19.1 Å². The van der Waals surface area contributed by atoms with E-state index < -0.39 is 0 Å². The van der Waals surface area contributed by atoms with E-state index in [0.717, 1.165) is 12.2 Å². The largest absolute Gasteiger partial charge is 0.494 e. The summed E-state index contributed by atoms with van der Waals surface area (Å²) in [5.41, 5.74) is 7.85. The first-order valence-electron chi connectivity index (χ1n) is 7.85. The summed E-state index contributed by atoms with van der Waals surface area (Å²) >= 11 is 0. The second kappa shape index (κ2) is 6.59. The second-order valence-corrected chi connectivity index (χ2v) is 5.88. The van der Waals surface area contributed by atoms with Gasteiger partial charge in [0.25, 0.3) is 0 Å². The van der Waals surface area contributed by atoms with Gasteiger partial charge in [-0.25, -0.2) is 0 Å². The third kappa shape index (κ3) is 2.99. The first-order valence-corrected chi connectivity index (χ1v) is 7.85. The van der Waals surface area contributed by atoms with Crippen molar-refractivity contribution in [1.29, 1.82) is 0 Å². The molecule has 3 nitrogen and oxygen atoms in total. The minimum absolute atomic E-state index is 0.0428. The molecule has 1 aromatic rings. The minimum Gasteiger partial charge on any atom is -0.494 e. The van der Waals surface area contributed by atoms with Crippen molar-refractivity contribution in [3.8, 4) is 5.75 Å². The van der Waals surface area contributed by atoms with Crippen molar-refractivity contribution in [2.45, 2.75) is 51.6 Å². The van der Waals surface area contributed by atoms with Gasteiger partial charge in [-0.05, 0) is 63.9 Å². The van der Waals surface area contributed by atoms with Gasteiger partial charge in [0, 0.05) is 11.6 Å². The van der Waals surface area contributed by atoms with Gasteiger partial charge in [0.05, 0.1) is 6.61 Å². The first kappa shape index (κ1) is 15.3. The van der Waals surface area contributed by atoms with Crippen molar-refractivity contribution in [2.75, 3.05) is 19.7 Å². The van der Waals surface area contributed by atoms with Crippen LogP contribution in [0.4, 0.5) is 0 Å². The quantitative estimate of drug-likeness (QED) is 0.866.